The normalized spacial score (nSPS) is 43.2. The van der Waals surface area contributed by atoms with Gasteiger partial charge in [0.1, 0.15) is 24.6 Å². The molecule has 5 heteroatoms. The zero-order valence-corrected chi connectivity index (χ0v) is 17.6. The van der Waals surface area contributed by atoms with E-state index in [0.717, 1.165) is 36.1 Å². The van der Waals surface area contributed by atoms with Gasteiger partial charge < -0.3 is 43.7 Å². The average molecular weight is 466 g/mol. The number of rotatable bonds is 2. The molecule has 2 bridgehead atoms. The molecule has 2 N–H and O–H groups in total. The molecule has 2 saturated heterocycles. The van der Waals surface area contributed by atoms with Gasteiger partial charge in [0.2, 0.25) is 0 Å². The van der Waals surface area contributed by atoms with Crippen LogP contribution in [0.5, 0.6) is 5.75 Å². The first-order valence-corrected chi connectivity index (χ1v) is 9.66. The highest BCUT2D eigenvalue weighted by Crippen LogP contribution is 2.64. The van der Waals surface area contributed by atoms with E-state index in [2.05, 4.69) is 31.3 Å². The zero-order chi connectivity index (χ0) is 17.4. The SMILES string of the molecule is C/C=C1/C[N+]2(CC)CCC34c5cccc(O)c5NC3C(C=O)C1CC42.[I-]. The van der Waals surface area contributed by atoms with E-state index in [1.807, 2.05) is 6.07 Å². The lowest BCUT2D eigenvalue weighted by Crippen LogP contribution is -3.00. The first kappa shape index (κ1) is 18.3. The lowest BCUT2D eigenvalue weighted by atomic mass is 9.55. The Balaban J connectivity index is 0.00000168. The highest BCUT2D eigenvalue weighted by Gasteiger charge is 2.71. The lowest BCUT2D eigenvalue weighted by molar-refractivity contribution is -0.941. The van der Waals surface area contributed by atoms with Crippen molar-refractivity contribution in [2.45, 2.75) is 44.2 Å². The molecule has 140 valence electrons. The topological polar surface area (TPSA) is 49.3 Å². The molecule has 1 aromatic rings. The smallest absolute Gasteiger partial charge is 0.138 e. The molecule has 1 aromatic carbocycles. The lowest BCUT2D eigenvalue weighted by Gasteiger charge is -2.56. The molecule has 4 aliphatic rings. The maximum absolute atomic E-state index is 12.2. The van der Waals surface area contributed by atoms with Gasteiger partial charge in [-0.05, 0) is 31.1 Å². The Morgan fingerprint density at radius 3 is 2.92 bits per heavy atom. The summed E-state index contributed by atoms with van der Waals surface area (Å²) in [7, 11) is 0. The first-order chi connectivity index (χ1) is 12.1. The monoisotopic (exact) mass is 466 g/mol. The van der Waals surface area contributed by atoms with E-state index in [9.17, 15) is 9.90 Å². The van der Waals surface area contributed by atoms with E-state index in [0.29, 0.717) is 17.7 Å². The summed E-state index contributed by atoms with van der Waals surface area (Å²) in [4.78, 5) is 12.2. The number of para-hydroxylation sites is 1. The summed E-state index contributed by atoms with van der Waals surface area (Å²) in [5, 5.41) is 14.1. The number of aldehydes is 1. The number of carbonyl (C=O) groups excluding carboxylic acids is 1. The Kier molecular flexibility index (Phi) is 4.19. The van der Waals surface area contributed by atoms with Gasteiger partial charge in [0.15, 0.2) is 0 Å². The quantitative estimate of drug-likeness (QED) is 0.209. The Hall–Kier alpha value is -1.08. The minimum Gasteiger partial charge on any atom is -1.00 e. The van der Waals surface area contributed by atoms with Crippen LogP contribution in [0.3, 0.4) is 0 Å². The molecule has 3 fully saturated rings. The van der Waals surface area contributed by atoms with Gasteiger partial charge in [0, 0.05) is 24.7 Å². The number of nitrogens with one attached hydrogen (secondary N) is 1. The van der Waals surface area contributed by atoms with Gasteiger partial charge in [-0.25, -0.2) is 0 Å². The molecule has 1 saturated carbocycles. The van der Waals surface area contributed by atoms with Crippen molar-refractivity contribution < 1.29 is 38.4 Å². The second kappa shape index (κ2) is 5.96. The number of phenols is 1. The zero-order valence-electron chi connectivity index (χ0n) is 15.4. The second-order valence-corrected chi connectivity index (χ2v) is 8.46. The molecule has 6 unspecified atom stereocenters. The minimum atomic E-state index is -0.00850. The molecule has 3 heterocycles. The van der Waals surface area contributed by atoms with Crippen molar-refractivity contribution >= 4 is 12.0 Å². The number of allylic oxidation sites excluding steroid dienone is 1. The predicted octanol–water partition coefficient (Wildman–Crippen LogP) is -0.168. The third kappa shape index (κ3) is 1.91. The number of anilines is 1. The van der Waals surface area contributed by atoms with Gasteiger partial charge in [-0.2, -0.15) is 0 Å². The molecule has 5 rings (SSSR count). The molecular weight excluding hydrogens is 439 g/mol. The molecule has 0 radical (unpaired) electrons. The van der Waals surface area contributed by atoms with Gasteiger partial charge in [-0.1, -0.05) is 18.2 Å². The summed E-state index contributed by atoms with van der Waals surface area (Å²) >= 11 is 0. The Morgan fingerprint density at radius 2 is 2.23 bits per heavy atom. The van der Waals surface area contributed by atoms with Crippen LogP contribution >= 0.6 is 0 Å². The van der Waals surface area contributed by atoms with Gasteiger partial charge >= 0.3 is 0 Å². The van der Waals surface area contributed by atoms with Crippen LogP contribution in [0, 0.1) is 11.8 Å². The van der Waals surface area contributed by atoms with Crippen LogP contribution in [0.15, 0.2) is 29.8 Å². The Labute approximate surface area is 172 Å². The fraction of sp³-hybridized carbons (Fsp3) is 0.571. The Morgan fingerprint density at radius 1 is 1.42 bits per heavy atom. The maximum Gasteiger partial charge on any atom is 0.138 e. The van der Waals surface area contributed by atoms with Crippen LogP contribution in [0.25, 0.3) is 0 Å². The number of phenolic OH excluding ortho intramolecular Hbond substituents is 1. The van der Waals surface area contributed by atoms with E-state index >= 15 is 0 Å². The number of carbonyl (C=O) groups is 1. The van der Waals surface area contributed by atoms with Gasteiger partial charge in [-0.15, -0.1) is 0 Å². The summed E-state index contributed by atoms with van der Waals surface area (Å²) in [5.41, 5.74) is 3.59. The number of hydrogen-bond acceptors (Lipinski definition) is 3. The third-order valence-corrected chi connectivity index (χ3v) is 8.08. The summed E-state index contributed by atoms with van der Waals surface area (Å²) in [6, 6.07) is 6.57. The molecule has 1 spiro atoms. The summed E-state index contributed by atoms with van der Waals surface area (Å²) in [5.74, 6) is 0.671. The van der Waals surface area contributed by atoms with Crippen LogP contribution in [-0.2, 0) is 10.2 Å². The van der Waals surface area contributed by atoms with Gasteiger partial charge in [-0.3, -0.25) is 0 Å². The van der Waals surface area contributed by atoms with Crippen molar-refractivity contribution in [1.82, 2.24) is 0 Å². The molecule has 0 amide bonds. The molecule has 3 aliphatic heterocycles. The van der Waals surface area contributed by atoms with Crippen molar-refractivity contribution in [3.8, 4) is 5.75 Å². The number of fused-ring (bicyclic) bond motifs is 2. The maximum atomic E-state index is 12.2. The number of hydrogen-bond donors (Lipinski definition) is 2. The third-order valence-electron chi connectivity index (χ3n) is 8.08. The second-order valence-electron chi connectivity index (χ2n) is 8.46. The number of halogens is 1. The van der Waals surface area contributed by atoms with Gasteiger partial charge in [0.05, 0.1) is 30.2 Å². The molecule has 4 nitrogen and oxygen atoms in total. The predicted molar refractivity (Wildman–Crippen MR) is 97.6 cm³/mol. The summed E-state index contributed by atoms with van der Waals surface area (Å²) < 4.78 is 1.15. The number of likely N-dealkylation sites (N-methyl/N-ethyl adjacent to an activating group) is 1. The highest BCUT2D eigenvalue weighted by molar-refractivity contribution is 5.74. The fourth-order valence-corrected chi connectivity index (χ4v) is 6.97. The Bertz CT molecular complexity index is 794. The van der Waals surface area contributed by atoms with Crippen molar-refractivity contribution in [3.05, 3.63) is 35.4 Å². The number of piperidine rings is 1. The van der Waals surface area contributed by atoms with Crippen LogP contribution < -0.4 is 29.3 Å². The van der Waals surface area contributed by atoms with Crippen molar-refractivity contribution in [3.63, 3.8) is 0 Å². The minimum absolute atomic E-state index is 0. The molecule has 0 aromatic heterocycles. The fourth-order valence-electron chi connectivity index (χ4n) is 6.97. The van der Waals surface area contributed by atoms with E-state index in [-0.39, 0.29) is 41.4 Å². The van der Waals surface area contributed by atoms with Gasteiger partial charge in [0.25, 0.3) is 0 Å². The van der Waals surface area contributed by atoms with Crippen LogP contribution in [0.1, 0.15) is 32.3 Å². The first-order valence-electron chi connectivity index (χ1n) is 9.66. The van der Waals surface area contributed by atoms with E-state index in [4.69, 9.17) is 0 Å². The molecule has 6 atom stereocenters. The van der Waals surface area contributed by atoms with Crippen LogP contribution in [0.4, 0.5) is 5.69 Å². The number of nitrogens with zero attached hydrogens (tertiary/aromatic N) is 1. The van der Waals surface area contributed by atoms with Crippen LogP contribution in [0.2, 0.25) is 0 Å². The average Bonchev–Trinajstić information content (AvgIpc) is 3.17. The van der Waals surface area contributed by atoms with Crippen molar-refractivity contribution in [1.29, 1.82) is 0 Å². The van der Waals surface area contributed by atoms with Crippen molar-refractivity contribution in [2.75, 3.05) is 25.0 Å². The number of quaternary nitrogens is 1. The number of benzene rings is 1. The summed E-state index contributed by atoms with van der Waals surface area (Å²) in [6.07, 6.45) is 5.66. The summed E-state index contributed by atoms with van der Waals surface area (Å²) in [6.45, 7) is 7.85. The largest absolute Gasteiger partial charge is 1.00 e. The van der Waals surface area contributed by atoms with Crippen LogP contribution in [-0.4, -0.2) is 47.6 Å². The van der Waals surface area contributed by atoms with E-state index in [1.165, 1.54) is 24.0 Å². The van der Waals surface area contributed by atoms with Crippen molar-refractivity contribution in [2.24, 2.45) is 11.8 Å². The van der Waals surface area contributed by atoms with E-state index < -0.39 is 0 Å². The highest BCUT2D eigenvalue weighted by atomic mass is 127. The molecule has 1 aliphatic carbocycles. The standard InChI is InChI=1S/C21H26N2O2.HI/c1-3-13-11-23(4-2)9-8-21-16-6-5-7-17(25)19(16)22-20(21)15(12-24)14(13)10-18(21)23;/h3,5-7,12,14-15,18,20,22H,4,8-11H2,1-2H3;1H/b13-3-;. The molecule has 26 heavy (non-hydrogen) atoms. The number of aromatic hydroxyl groups is 1. The molecular formula is C21H27IN2O2. The van der Waals surface area contributed by atoms with E-state index in [1.54, 1.807) is 6.07 Å².